The fraction of sp³-hybridized carbons (Fsp3) is 0.667. The first kappa shape index (κ1) is 11.7. The van der Waals surface area contributed by atoms with Crippen LogP contribution >= 0.6 is 11.3 Å². The van der Waals surface area contributed by atoms with E-state index in [2.05, 4.69) is 44.5 Å². The van der Waals surface area contributed by atoms with Crippen LogP contribution in [-0.2, 0) is 5.41 Å². The minimum Gasteiger partial charge on any atom is -0.317 e. The van der Waals surface area contributed by atoms with Gasteiger partial charge in [0.1, 0.15) is 0 Å². The van der Waals surface area contributed by atoms with Crippen molar-refractivity contribution >= 4 is 11.3 Å². The summed E-state index contributed by atoms with van der Waals surface area (Å²) in [5.74, 6) is 0. The third-order valence-electron chi connectivity index (χ3n) is 2.65. The molecule has 0 aromatic carbocycles. The zero-order chi connectivity index (χ0) is 10.6. The minimum absolute atomic E-state index is 0.320. The lowest BCUT2D eigenvalue weighted by Gasteiger charge is -2.24. The Bertz CT molecular complexity index is 276. The Kier molecular flexibility index (Phi) is 4.14. The Labute approximate surface area is 91.5 Å². The maximum Gasteiger partial charge on any atom is 0.0131 e. The van der Waals surface area contributed by atoms with Gasteiger partial charge in [0.2, 0.25) is 0 Å². The SMILES string of the molecule is CCNCCC(C)(C)c1sccc1C. The van der Waals surface area contributed by atoms with Gasteiger partial charge in [0, 0.05) is 10.3 Å². The molecule has 0 atom stereocenters. The molecule has 1 aromatic rings. The predicted molar refractivity (Wildman–Crippen MR) is 65.2 cm³/mol. The minimum atomic E-state index is 0.320. The lowest BCUT2D eigenvalue weighted by molar-refractivity contribution is 0.467. The number of thiophene rings is 1. The van der Waals surface area contributed by atoms with Gasteiger partial charge in [-0.3, -0.25) is 0 Å². The van der Waals surface area contributed by atoms with Crippen LogP contribution in [0.1, 0.15) is 37.6 Å². The maximum atomic E-state index is 3.39. The monoisotopic (exact) mass is 211 g/mol. The topological polar surface area (TPSA) is 12.0 Å². The highest BCUT2D eigenvalue weighted by molar-refractivity contribution is 7.10. The van der Waals surface area contributed by atoms with Crippen LogP contribution in [0.4, 0.5) is 0 Å². The van der Waals surface area contributed by atoms with Crippen LogP contribution in [0.25, 0.3) is 0 Å². The summed E-state index contributed by atoms with van der Waals surface area (Å²) in [6.07, 6.45) is 1.21. The second kappa shape index (κ2) is 4.94. The summed E-state index contributed by atoms with van der Waals surface area (Å²) in [6, 6.07) is 2.22. The van der Waals surface area contributed by atoms with Gasteiger partial charge >= 0.3 is 0 Å². The summed E-state index contributed by atoms with van der Waals surface area (Å²) in [7, 11) is 0. The van der Waals surface area contributed by atoms with Gasteiger partial charge in [-0.25, -0.2) is 0 Å². The first-order valence-electron chi connectivity index (χ1n) is 5.33. The highest BCUT2D eigenvalue weighted by Crippen LogP contribution is 2.33. The van der Waals surface area contributed by atoms with Crippen molar-refractivity contribution in [1.82, 2.24) is 5.32 Å². The van der Waals surface area contributed by atoms with E-state index in [-0.39, 0.29) is 0 Å². The van der Waals surface area contributed by atoms with E-state index in [9.17, 15) is 0 Å². The van der Waals surface area contributed by atoms with E-state index < -0.39 is 0 Å². The van der Waals surface area contributed by atoms with Crippen LogP contribution in [0.2, 0.25) is 0 Å². The predicted octanol–water partition coefficient (Wildman–Crippen LogP) is 3.33. The molecule has 2 heteroatoms. The molecule has 0 fully saturated rings. The zero-order valence-corrected chi connectivity index (χ0v) is 10.5. The van der Waals surface area contributed by atoms with E-state index in [0.717, 1.165) is 13.1 Å². The normalized spacial score (nSPS) is 12.0. The summed E-state index contributed by atoms with van der Waals surface area (Å²) in [6.45, 7) is 11.2. The van der Waals surface area contributed by atoms with Crippen LogP contribution in [0.5, 0.6) is 0 Å². The Balaban J connectivity index is 2.61. The van der Waals surface area contributed by atoms with Gasteiger partial charge in [-0.15, -0.1) is 11.3 Å². The molecule has 1 aromatic heterocycles. The van der Waals surface area contributed by atoms with E-state index >= 15 is 0 Å². The average Bonchev–Trinajstić information content (AvgIpc) is 2.52. The summed E-state index contributed by atoms with van der Waals surface area (Å²) < 4.78 is 0. The van der Waals surface area contributed by atoms with Crippen molar-refractivity contribution in [1.29, 1.82) is 0 Å². The Morgan fingerprint density at radius 3 is 2.64 bits per heavy atom. The van der Waals surface area contributed by atoms with E-state index in [1.165, 1.54) is 16.9 Å². The van der Waals surface area contributed by atoms with Crippen molar-refractivity contribution < 1.29 is 0 Å². The van der Waals surface area contributed by atoms with Gasteiger partial charge in [-0.2, -0.15) is 0 Å². The van der Waals surface area contributed by atoms with Crippen molar-refractivity contribution in [2.24, 2.45) is 0 Å². The quantitative estimate of drug-likeness (QED) is 0.737. The molecule has 1 nitrogen and oxygen atoms in total. The second-order valence-corrected chi connectivity index (χ2v) is 5.34. The van der Waals surface area contributed by atoms with E-state index in [1.807, 2.05) is 11.3 Å². The zero-order valence-electron chi connectivity index (χ0n) is 9.68. The summed E-state index contributed by atoms with van der Waals surface area (Å²) >= 11 is 1.89. The highest BCUT2D eigenvalue weighted by Gasteiger charge is 2.22. The average molecular weight is 211 g/mol. The van der Waals surface area contributed by atoms with Crippen LogP contribution in [0, 0.1) is 6.92 Å². The molecule has 1 heterocycles. The van der Waals surface area contributed by atoms with Gasteiger partial charge in [0.15, 0.2) is 0 Å². The molecule has 80 valence electrons. The third-order valence-corrected chi connectivity index (χ3v) is 4.04. The molecule has 0 unspecified atom stereocenters. The summed E-state index contributed by atoms with van der Waals surface area (Å²) in [4.78, 5) is 1.54. The number of nitrogens with one attached hydrogen (secondary N) is 1. The first-order valence-corrected chi connectivity index (χ1v) is 6.21. The lowest BCUT2D eigenvalue weighted by Crippen LogP contribution is -2.25. The highest BCUT2D eigenvalue weighted by atomic mass is 32.1. The molecule has 0 saturated carbocycles. The van der Waals surface area contributed by atoms with Crippen LogP contribution in [-0.4, -0.2) is 13.1 Å². The molecule has 0 aliphatic heterocycles. The number of hydrogen-bond donors (Lipinski definition) is 1. The molecule has 14 heavy (non-hydrogen) atoms. The maximum absolute atomic E-state index is 3.39. The van der Waals surface area contributed by atoms with E-state index in [1.54, 1.807) is 0 Å². The van der Waals surface area contributed by atoms with E-state index in [0.29, 0.717) is 5.41 Å². The van der Waals surface area contributed by atoms with Crippen molar-refractivity contribution in [3.63, 3.8) is 0 Å². The van der Waals surface area contributed by atoms with Gasteiger partial charge in [0.05, 0.1) is 0 Å². The molecule has 0 aliphatic rings. The molecular weight excluding hydrogens is 190 g/mol. The van der Waals surface area contributed by atoms with Crippen molar-refractivity contribution in [3.8, 4) is 0 Å². The van der Waals surface area contributed by atoms with Gasteiger partial charge < -0.3 is 5.32 Å². The molecule has 1 N–H and O–H groups in total. The molecule has 0 radical (unpaired) electrons. The molecule has 0 saturated heterocycles. The summed E-state index contributed by atoms with van der Waals surface area (Å²) in [5.41, 5.74) is 1.76. The first-order chi connectivity index (χ1) is 6.58. The summed E-state index contributed by atoms with van der Waals surface area (Å²) in [5, 5.41) is 5.58. The van der Waals surface area contributed by atoms with Crippen LogP contribution < -0.4 is 5.32 Å². The Hall–Kier alpha value is -0.340. The van der Waals surface area contributed by atoms with Crippen molar-refractivity contribution in [2.45, 2.75) is 39.5 Å². The fourth-order valence-electron chi connectivity index (χ4n) is 1.76. The van der Waals surface area contributed by atoms with Gasteiger partial charge in [-0.05, 0) is 43.4 Å². The van der Waals surface area contributed by atoms with Crippen LogP contribution in [0.15, 0.2) is 11.4 Å². The second-order valence-electron chi connectivity index (χ2n) is 4.42. The number of rotatable bonds is 5. The van der Waals surface area contributed by atoms with Crippen molar-refractivity contribution in [3.05, 3.63) is 21.9 Å². The van der Waals surface area contributed by atoms with Gasteiger partial charge in [0.25, 0.3) is 0 Å². The van der Waals surface area contributed by atoms with E-state index in [4.69, 9.17) is 0 Å². The molecule has 0 amide bonds. The third kappa shape index (κ3) is 2.82. The Morgan fingerprint density at radius 1 is 1.43 bits per heavy atom. The molecule has 0 aliphatic carbocycles. The number of hydrogen-bond acceptors (Lipinski definition) is 2. The lowest BCUT2D eigenvalue weighted by atomic mass is 9.86. The smallest absolute Gasteiger partial charge is 0.0131 e. The molecule has 1 rings (SSSR count). The fourth-order valence-corrected chi connectivity index (χ4v) is 2.84. The Morgan fingerprint density at radius 2 is 2.14 bits per heavy atom. The standard InChI is InChI=1S/C12H21NS/c1-5-13-8-7-12(3,4)11-10(2)6-9-14-11/h6,9,13H,5,7-8H2,1-4H3. The molecule has 0 bridgehead atoms. The molecular formula is C12H21NS. The van der Waals surface area contributed by atoms with Crippen molar-refractivity contribution in [2.75, 3.05) is 13.1 Å². The van der Waals surface area contributed by atoms with Gasteiger partial charge in [-0.1, -0.05) is 20.8 Å². The number of aryl methyl sites for hydroxylation is 1. The largest absolute Gasteiger partial charge is 0.317 e. The van der Waals surface area contributed by atoms with Crippen LogP contribution in [0.3, 0.4) is 0 Å². The molecule has 0 spiro atoms.